The molecule has 0 unspecified atom stereocenters. The molecule has 10 heteroatoms. The van der Waals surface area contributed by atoms with E-state index < -0.39 is 17.3 Å². The van der Waals surface area contributed by atoms with Gasteiger partial charge in [0.1, 0.15) is 35.3 Å². The van der Waals surface area contributed by atoms with Gasteiger partial charge in [0.2, 0.25) is 0 Å². The fourth-order valence-electron chi connectivity index (χ4n) is 4.88. The average molecular weight is 490 g/mol. The van der Waals surface area contributed by atoms with Gasteiger partial charge >= 0.3 is 0 Å². The summed E-state index contributed by atoms with van der Waals surface area (Å²) >= 11 is 5.89. The van der Waals surface area contributed by atoms with Gasteiger partial charge in [0.25, 0.3) is 6.01 Å². The molecule has 3 fully saturated rings. The molecule has 33 heavy (non-hydrogen) atoms. The van der Waals surface area contributed by atoms with Crippen molar-refractivity contribution in [3.63, 3.8) is 0 Å². The first-order chi connectivity index (χ1) is 16.0. The van der Waals surface area contributed by atoms with E-state index in [2.05, 4.69) is 22.1 Å². The van der Waals surface area contributed by atoms with E-state index in [1.165, 1.54) is 5.56 Å². The summed E-state index contributed by atoms with van der Waals surface area (Å²) in [5, 5.41) is 10.4. The molecular weight excluding hydrogens is 466 g/mol. The summed E-state index contributed by atoms with van der Waals surface area (Å²) in [6, 6.07) is 10.4. The van der Waals surface area contributed by atoms with Gasteiger partial charge in [0.05, 0.1) is 23.9 Å². The van der Waals surface area contributed by atoms with Gasteiger partial charge in [-0.2, -0.15) is 4.98 Å². The third-order valence-corrected chi connectivity index (χ3v) is 8.36. The summed E-state index contributed by atoms with van der Waals surface area (Å²) in [5.74, 6) is 2.02. The van der Waals surface area contributed by atoms with Crippen LogP contribution in [0.5, 0.6) is 6.01 Å². The molecule has 4 atom stereocenters. The van der Waals surface area contributed by atoms with E-state index in [1.807, 2.05) is 12.1 Å². The number of pyridine rings is 1. The fourth-order valence-corrected chi connectivity index (χ4v) is 6.44. The first kappa shape index (κ1) is 21.6. The van der Waals surface area contributed by atoms with E-state index >= 15 is 0 Å². The second-order valence-electron chi connectivity index (χ2n) is 8.79. The van der Waals surface area contributed by atoms with Gasteiger partial charge in [-0.15, -0.1) is 0 Å². The predicted octanol–water partition coefficient (Wildman–Crippen LogP) is 2.81. The third-order valence-electron chi connectivity index (χ3n) is 6.69. The van der Waals surface area contributed by atoms with Crippen molar-refractivity contribution in [3.8, 4) is 17.3 Å². The lowest BCUT2D eigenvalue weighted by Crippen LogP contribution is -2.34. The van der Waals surface area contributed by atoms with Crippen LogP contribution in [-0.4, -0.2) is 73.7 Å². The minimum Gasteiger partial charge on any atom is -0.616 e. The normalized spacial score (nSPS) is 31.7. The van der Waals surface area contributed by atoms with Gasteiger partial charge in [0.15, 0.2) is 11.8 Å². The molecule has 0 radical (unpaired) electrons. The lowest BCUT2D eigenvalue weighted by molar-refractivity contribution is 0.00706. The van der Waals surface area contributed by atoms with E-state index in [9.17, 15) is 9.66 Å². The number of aliphatic hydroxyl groups excluding tert-OH is 1. The highest BCUT2D eigenvalue weighted by Crippen LogP contribution is 2.34. The average Bonchev–Trinajstić information content (AvgIpc) is 3.51. The number of aromatic amines is 1. The van der Waals surface area contributed by atoms with Crippen LogP contribution in [0, 0.1) is 0 Å². The Kier molecular flexibility index (Phi) is 5.72. The molecule has 5 heterocycles. The Hall–Kier alpha value is -1.88. The van der Waals surface area contributed by atoms with Crippen molar-refractivity contribution in [2.45, 2.75) is 43.2 Å². The number of ether oxygens (including phenoxy) is 3. The fraction of sp³-hybridized carbons (Fsp3) is 0.478. The Bertz CT molecular complexity index is 1150. The number of hydrogen-bond acceptors (Lipinski definition) is 7. The first-order valence-electron chi connectivity index (χ1n) is 11.1. The van der Waals surface area contributed by atoms with E-state index in [0.717, 1.165) is 29.9 Å². The van der Waals surface area contributed by atoms with Crippen LogP contribution in [0.2, 0.25) is 5.02 Å². The van der Waals surface area contributed by atoms with Crippen LogP contribution in [0.1, 0.15) is 24.3 Å². The Labute approximate surface area is 198 Å². The highest BCUT2D eigenvalue weighted by molar-refractivity contribution is 7.91. The molecule has 3 aliphatic rings. The molecule has 0 aliphatic carbocycles. The minimum atomic E-state index is -0.660. The van der Waals surface area contributed by atoms with E-state index in [-0.39, 0.29) is 24.9 Å². The minimum absolute atomic E-state index is 0.245. The largest absolute Gasteiger partial charge is 0.616 e. The van der Waals surface area contributed by atoms with Crippen LogP contribution in [0.15, 0.2) is 30.3 Å². The smallest absolute Gasteiger partial charge is 0.296 e. The maximum Gasteiger partial charge on any atom is 0.296 e. The number of H-pyrrole nitrogens is 1. The predicted molar refractivity (Wildman–Crippen MR) is 124 cm³/mol. The summed E-state index contributed by atoms with van der Waals surface area (Å²) in [6.07, 6.45) is 0.264. The van der Waals surface area contributed by atoms with Gasteiger partial charge < -0.3 is 23.9 Å². The molecular formula is C23H24ClN3O5S. The summed E-state index contributed by atoms with van der Waals surface area (Å²) < 4.78 is 28.8. The highest BCUT2D eigenvalue weighted by Gasteiger charge is 2.48. The number of nitrogens with one attached hydrogen (secondary N) is 1. The molecule has 3 saturated heterocycles. The van der Waals surface area contributed by atoms with Gasteiger partial charge in [-0.25, -0.2) is 4.98 Å². The number of benzene rings is 1. The van der Waals surface area contributed by atoms with E-state index in [4.69, 9.17) is 30.8 Å². The van der Waals surface area contributed by atoms with Crippen molar-refractivity contribution in [2.75, 3.05) is 24.7 Å². The van der Waals surface area contributed by atoms with Crippen molar-refractivity contribution in [1.82, 2.24) is 15.0 Å². The molecule has 0 spiro atoms. The Balaban J connectivity index is 1.21. The number of halogens is 1. The van der Waals surface area contributed by atoms with Crippen molar-refractivity contribution in [3.05, 3.63) is 40.9 Å². The van der Waals surface area contributed by atoms with Crippen molar-refractivity contribution in [2.24, 2.45) is 0 Å². The molecule has 174 valence electrons. The van der Waals surface area contributed by atoms with Crippen molar-refractivity contribution >= 4 is 33.9 Å². The van der Waals surface area contributed by atoms with Crippen LogP contribution >= 0.6 is 11.6 Å². The number of hydrogen-bond donors (Lipinski definition) is 2. The monoisotopic (exact) mass is 489 g/mol. The lowest BCUT2D eigenvalue weighted by Gasteiger charge is -2.24. The standard InChI is InChI=1S/C23H24ClN3O5S/c24-15-9-16-22(27-23(25-16)32-18-11-31-20-17(28)10-30-21(18)20)26-19(15)14-3-1-12(2-4-14)13-5-7-33(29)8-6-13/h1-4,9,13,17-18,20-21,28H,5-8,10-11H2,(H,25,26,27)/t13?,17-,18-,20-,21-,33?/m1/s1. The maximum absolute atomic E-state index is 11.6. The molecule has 6 rings (SSSR count). The molecule has 0 amide bonds. The van der Waals surface area contributed by atoms with Crippen LogP contribution in [0.4, 0.5) is 0 Å². The van der Waals surface area contributed by atoms with Gasteiger partial charge in [-0.1, -0.05) is 47.0 Å². The second kappa shape index (κ2) is 8.72. The van der Waals surface area contributed by atoms with Gasteiger partial charge in [-0.3, -0.25) is 4.98 Å². The zero-order chi connectivity index (χ0) is 22.5. The number of aromatic nitrogens is 3. The van der Waals surface area contributed by atoms with Crippen LogP contribution in [-0.2, 0) is 20.6 Å². The molecule has 2 N–H and O–H groups in total. The molecule has 8 nitrogen and oxygen atoms in total. The van der Waals surface area contributed by atoms with Crippen LogP contribution in [0.25, 0.3) is 22.4 Å². The Morgan fingerprint density at radius 3 is 2.64 bits per heavy atom. The molecule has 3 aromatic rings. The number of aliphatic hydroxyl groups is 1. The maximum atomic E-state index is 11.6. The first-order valence-corrected chi connectivity index (χ1v) is 13.0. The molecule has 0 saturated carbocycles. The highest BCUT2D eigenvalue weighted by atomic mass is 35.5. The van der Waals surface area contributed by atoms with Gasteiger partial charge in [-0.05, 0) is 30.4 Å². The Morgan fingerprint density at radius 2 is 1.85 bits per heavy atom. The molecule has 0 bridgehead atoms. The van der Waals surface area contributed by atoms with Crippen LogP contribution in [0.3, 0.4) is 0 Å². The number of nitrogens with zero attached hydrogens (tertiary/aromatic N) is 2. The number of rotatable bonds is 4. The van der Waals surface area contributed by atoms with Gasteiger partial charge in [0, 0.05) is 5.56 Å². The number of fused-ring (bicyclic) bond motifs is 2. The summed E-state index contributed by atoms with van der Waals surface area (Å²) in [6.45, 7) is 0.570. The van der Waals surface area contributed by atoms with E-state index in [0.29, 0.717) is 40.4 Å². The SMILES string of the molecule is [O-][S+]1CCC(c2ccc(-c3nc4[nH]c(O[C@@H]5CO[C@H]6[C@@H]5OC[C@H]6O)nc4cc3Cl)cc2)CC1. The zero-order valence-electron chi connectivity index (χ0n) is 17.8. The zero-order valence-corrected chi connectivity index (χ0v) is 19.3. The quantitative estimate of drug-likeness (QED) is 0.542. The summed E-state index contributed by atoms with van der Waals surface area (Å²) in [5.41, 5.74) is 4.03. The molecule has 3 aliphatic heterocycles. The van der Waals surface area contributed by atoms with Crippen LogP contribution < -0.4 is 4.74 Å². The summed E-state index contributed by atoms with van der Waals surface area (Å²) in [4.78, 5) is 12.3. The second-order valence-corrected chi connectivity index (χ2v) is 10.9. The number of imidazole rings is 1. The third kappa shape index (κ3) is 4.11. The summed E-state index contributed by atoms with van der Waals surface area (Å²) in [7, 11) is 0. The van der Waals surface area contributed by atoms with E-state index in [1.54, 1.807) is 6.07 Å². The topological polar surface area (TPSA) is 113 Å². The molecule has 2 aromatic heterocycles. The molecule has 1 aromatic carbocycles. The Morgan fingerprint density at radius 1 is 1.09 bits per heavy atom. The lowest BCUT2D eigenvalue weighted by atomic mass is 9.92. The van der Waals surface area contributed by atoms with Crippen molar-refractivity contribution in [1.29, 1.82) is 0 Å². The van der Waals surface area contributed by atoms with Crippen molar-refractivity contribution < 1.29 is 23.9 Å².